The van der Waals surface area contributed by atoms with Crippen LogP contribution in [0.3, 0.4) is 0 Å². The second kappa shape index (κ2) is 5.05. The maximum Gasteiger partial charge on any atom is 0.430 e. The van der Waals surface area contributed by atoms with Gasteiger partial charge in [-0.1, -0.05) is 12.1 Å². The van der Waals surface area contributed by atoms with Crippen LogP contribution in [-0.4, -0.2) is 32.1 Å². The molecule has 0 aromatic heterocycles. The van der Waals surface area contributed by atoms with Crippen LogP contribution in [0.1, 0.15) is 5.56 Å². The van der Waals surface area contributed by atoms with Crippen LogP contribution >= 0.6 is 0 Å². The largest absolute Gasteiger partial charge is 0.430 e. The predicted octanol–water partition coefficient (Wildman–Crippen LogP) is 2.37. The maximum atomic E-state index is 12.6. The minimum absolute atomic E-state index is 0.243. The summed E-state index contributed by atoms with van der Waals surface area (Å²) in [5.74, 6) is 0. The van der Waals surface area contributed by atoms with Crippen molar-refractivity contribution < 1.29 is 39.9 Å². The quantitative estimate of drug-likeness (QED) is 0.832. The summed E-state index contributed by atoms with van der Waals surface area (Å²) in [7, 11) is -3.74. The molecule has 0 saturated carbocycles. The molecule has 2 N–H and O–H groups in total. The van der Waals surface area contributed by atoms with Crippen molar-refractivity contribution in [3.05, 3.63) is 29.8 Å². The standard InChI is InChI=1S/C10H9F6NO3S/c1-21(19,20)17-7-4-2-6(3-5-7)8(18,9(11,12)13)10(14,15)16/h2-5,17-18H,1H3. The Morgan fingerprint density at radius 3 is 1.62 bits per heavy atom. The third-order valence-electron chi connectivity index (χ3n) is 2.43. The lowest BCUT2D eigenvalue weighted by molar-refractivity contribution is -0.376. The Morgan fingerprint density at radius 2 is 1.33 bits per heavy atom. The van der Waals surface area contributed by atoms with E-state index in [1.165, 1.54) is 0 Å². The smallest absolute Gasteiger partial charge is 0.369 e. The molecule has 11 heteroatoms. The molecule has 1 rings (SSSR count). The van der Waals surface area contributed by atoms with Gasteiger partial charge in [-0.15, -0.1) is 0 Å². The molecule has 21 heavy (non-hydrogen) atoms. The van der Waals surface area contributed by atoms with Crippen LogP contribution in [0.25, 0.3) is 0 Å². The number of aliphatic hydroxyl groups is 1. The van der Waals surface area contributed by atoms with Gasteiger partial charge in [-0.05, 0) is 12.1 Å². The number of anilines is 1. The lowest BCUT2D eigenvalue weighted by Gasteiger charge is -2.32. The van der Waals surface area contributed by atoms with E-state index in [2.05, 4.69) is 0 Å². The first-order valence-electron chi connectivity index (χ1n) is 5.12. The third kappa shape index (κ3) is 3.59. The number of hydrogen-bond acceptors (Lipinski definition) is 3. The third-order valence-corrected chi connectivity index (χ3v) is 3.03. The van der Waals surface area contributed by atoms with Gasteiger partial charge in [0.25, 0.3) is 5.60 Å². The highest BCUT2D eigenvalue weighted by Gasteiger charge is 2.71. The molecule has 0 unspecified atom stereocenters. The van der Waals surface area contributed by atoms with Crippen LogP contribution in [0.15, 0.2) is 24.3 Å². The SMILES string of the molecule is CS(=O)(=O)Nc1ccc(C(O)(C(F)(F)F)C(F)(F)F)cc1. The van der Waals surface area contributed by atoms with E-state index in [9.17, 15) is 34.8 Å². The molecular weight excluding hydrogens is 328 g/mol. The van der Waals surface area contributed by atoms with Gasteiger partial charge in [0, 0.05) is 11.3 Å². The van der Waals surface area contributed by atoms with Gasteiger partial charge in [0.1, 0.15) is 0 Å². The molecule has 1 aromatic rings. The highest BCUT2D eigenvalue weighted by Crippen LogP contribution is 2.50. The Bertz CT molecular complexity index is 591. The molecule has 0 aliphatic carbocycles. The molecule has 0 aliphatic rings. The van der Waals surface area contributed by atoms with Crippen molar-refractivity contribution >= 4 is 15.7 Å². The molecule has 0 heterocycles. The number of hydrogen-bond donors (Lipinski definition) is 2. The number of benzene rings is 1. The molecule has 0 saturated heterocycles. The van der Waals surface area contributed by atoms with Gasteiger partial charge in [0.15, 0.2) is 0 Å². The maximum absolute atomic E-state index is 12.6. The van der Waals surface area contributed by atoms with Crippen molar-refractivity contribution in [2.75, 3.05) is 11.0 Å². The minimum atomic E-state index is -5.99. The first-order valence-corrected chi connectivity index (χ1v) is 7.02. The van der Waals surface area contributed by atoms with Gasteiger partial charge in [-0.25, -0.2) is 8.42 Å². The number of alkyl halides is 6. The fourth-order valence-electron chi connectivity index (χ4n) is 1.48. The number of rotatable bonds is 3. The molecule has 1 aromatic carbocycles. The zero-order chi connectivity index (χ0) is 16.7. The van der Waals surface area contributed by atoms with Crippen LogP contribution in [0.4, 0.5) is 32.0 Å². The zero-order valence-electron chi connectivity index (χ0n) is 10.2. The Balaban J connectivity index is 3.31. The summed E-state index contributed by atoms with van der Waals surface area (Å²) in [6, 6.07) is 2.04. The van der Waals surface area contributed by atoms with Crippen molar-refractivity contribution in [2.24, 2.45) is 0 Å². The van der Waals surface area contributed by atoms with E-state index in [-0.39, 0.29) is 5.69 Å². The molecule has 0 radical (unpaired) electrons. The van der Waals surface area contributed by atoms with E-state index >= 15 is 0 Å². The molecule has 0 atom stereocenters. The lowest BCUT2D eigenvalue weighted by atomic mass is 9.92. The second-order valence-corrected chi connectivity index (χ2v) is 5.91. The van der Waals surface area contributed by atoms with Crippen molar-refractivity contribution in [3.63, 3.8) is 0 Å². The van der Waals surface area contributed by atoms with E-state index < -0.39 is 33.5 Å². The average Bonchev–Trinajstić information content (AvgIpc) is 2.23. The molecule has 0 amide bonds. The Kier molecular flexibility index (Phi) is 4.23. The summed E-state index contributed by atoms with van der Waals surface area (Å²) >= 11 is 0. The van der Waals surface area contributed by atoms with Crippen LogP contribution in [0.5, 0.6) is 0 Å². The average molecular weight is 337 g/mol. The van der Waals surface area contributed by atoms with Crippen molar-refractivity contribution in [1.82, 2.24) is 0 Å². The van der Waals surface area contributed by atoms with Gasteiger partial charge in [0.2, 0.25) is 10.0 Å². The monoisotopic (exact) mass is 337 g/mol. The van der Waals surface area contributed by atoms with E-state index in [1.54, 1.807) is 0 Å². The molecule has 0 fully saturated rings. The van der Waals surface area contributed by atoms with E-state index in [0.717, 1.165) is 6.26 Å². The lowest BCUT2D eigenvalue weighted by Crippen LogP contribution is -2.53. The van der Waals surface area contributed by atoms with Crippen LogP contribution in [0, 0.1) is 0 Å². The number of nitrogens with one attached hydrogen (secondary N) is 1. The van der Waals surface area contributed by atoms with Crippen molar-refractivity contribution in [1.29, 1.82) is 0 Å². The first kappa shape index (κ1) is 17.6. The summed E-state index contributed by atoms with van der Waals surface area (Å²) in [5.41, 5.74) is -6.75. The molecule has 0 aliphatic heterocycles. The van der Waals surface area contributed by atoms with E-state index in [1.807, 2.05) is 4.72 Å². The topological polar surface area (TPSA) is 66.4 Å². The molecule has 0 spiro atoms. The number of halogens is 6. The summed E-state index contributed by atoms with van der Waals surface area (Å²) in [4.78, 5) is 0. The first-order chi connectivity index (χ1) is 9.18. The van der Waals surface area contributed by atoms with Crippen LogP contribution in [0.2, 0.25) is 0 Å². The molecular formula is C10H9F6NO3S. The van der Waals surface area contributed by atoms with Gasteiger partial charge in [0.05, 0.1) is 6.26 Å². The van der Waals surface area contributed by atoms with Gasteiger partial charge in [-0.2, -0.15) is 26.3 Å². The normalized spacial score (nSPS) is 14.1. The predicted molar refractivity (Wildman–Crippen MR) is 60.9 cm³/mol. The number of sulfonamides is 1. The van der Waals surface area contributed by atoms with Crippen LogP contribution < -0.4 is 4.72 Å². The summed E-state index contributed by atoms with van der Waals surface area (Å²) in [6.07, 6.45) is -11.2. The highest BCUT2D eigenvalue weighted by atomic mass is 32.2. The van der Waals surface area contributed by atoms with Gasteiger partial charge in [-0.3, -0.25) is 4.72 Å². The highest BCUT2D eigenvalue weighted by molar-refractivity contribution is 7.92. The fourth-order valence-corrected chi connectivity index (χ4v) is 2.05. The summed E-state index contributed by atoms with van der Waals surface area (Å²) in [6.45, 7) is 0. The molecule has 120 valence electrons. The molecule has 0 bridgehead atoms. The Labute approximate surface area is 115 Å². The second-order valence-electron chi connectivity index (χ2n) is 4.16. The van der Waals surface area contributed by atoms with E-state index in [0.29, 0.717) is 24.3 Å². The Hall–Kier alpha value is -1.49. The minimum Gasteiger partial charge on any atom is -0.369 e. The van der Waals surface area contributed by atoms with E-state index in [4.69, 9.17) is 5.11 Å². The zero-order valence-corrected chi connectivity index (χ0v) is 11.1. The molecule has 4 nitrogen and oxygen atoms in total. The van der Waals surface area contributed by atoms with Crippen LogP contribution in [-0.2, 0) is 15.6 Å². The Morgan fingerprint density at radius 1 is 0.952 bits per heavy atom. The fraction of sp³-hybridized carbons (Fsp3) is 0.400. The summed E-state index contributed by atoms with van der Waals surface area (Å²) < 4.78 is 99.1. The van der Waals surface area contributed by atoms with Crippen molar-refractivity contribution in [2.45, 2.75) is 18.0 Å². The van der Waals surface area contributed by atoms with Gasteiger partial charge < -0.3 is 5.11 Å². The van der Waals surface area contributed by atoms with Crippen molar-refractivity contribution in [3.8, 4) is 0 Å². The van der Waals surface area contributed by atoms with Gasteiger partial charge >= 0.3 is 12.4 Å². The summed E-state index contributed by atoms with van der Waals surface area (Å²) in [5, 5.41) is 9.09.